The van der Waals surface area contributed by atoms with Crippen LogP contribution in [0.4, 0.5) is 4.79 Å². The highest BCUT2D eigenvalue weighted by Crippen LogP contribution is 2.35. The Morgan fingerprint density at radius 3 is 2.26 bits per heavy atom. The Morgan fingerprint density at radius 1 is 1.05 bits per heavy atom. The predicted octanol–water partition coefficient (Wildman–Crippen LogP) is 5.48. The zero-order valence-corrected chi connectivity index (χ0v) is 23.7. The molecule has 0 radical (unpaired) electrons. The standard InChI is InChI=1S/C31H45N3O4/c1-7-22-14-11-12-19-25(22)27(28(35)32-23-15-9-8-10-16-23)34(24-17-13-18-24)29(36)26(20-21(2)3)33-30(37)38-31(4,5)6/h1,11-12,14,19,21,23-24,26-27H,8-10,13,15-18,20H2,2-6H3,(H,32,35)(H,33,37). The van der Waals surface area contributed by atoms with Crippen LogP contribution in [0.15, 0.2) is 24.3 Å². The van der Waals surface area contributed by atoms with Gasteiger partial charge in [0.2, 0.25) is 11.8 Å². The predicted molar refractivity (Wildman–Crippen MR) is 149 cm³/mol. The van der Waals surface area contributed by atoms with Gasteiger partial charge in [0, 0.05) is 17.6 Å². The summed E-state index contributed by atoms with van der Waals surface area (Å²) in [5.74, 6) is 2.37. The number of nitrogens with one attached hydrogen (secondary N) is 2. The molecule has 7 heteroatoms. The molecule has 1 aromatic rings. The summed E-state index contributed by atoms with van der Waals surface area (Å²) in [6.45, 7) is 9.37. The molecular weight excluding hydrogens is 478 g/mol. The molecule has 208 valence electrons. The summed E-state index contributed by atoms with van der Waals surface area (Å²) in [6.07, 6.45) is 13.4. The lowest BCUT2D eigenvalue weighted by Gasteiger charge is -2.44. The maximum absolute atomic E-state index is 14.3. The molecule has 2 aliphatic rings. The fourth-order valence-corrected chi connectivity index (χ4v) is 5.32. The van der Waals surface area contributed by atoms with E-state index in [1.54, 1.807) is 25.7 Å². The van der Waals surface area contributed by atoms with Crippen LogP contribution in [-0.2, 0) is 14.3 Å². The third-order valence-electron chi connectivity index (χ3n) is 7.31. The van der Waals surface area contributed by atoms with Gasteiger partial charge in [0.1, 0.15) is 17.7 Å². The summed E-state index contributed by atoms with van der Waals surface area (Å²) in [6, 6.07) is 5.63. The number of benzene rings is 1. The molecule has 2 atom stereocenters. The second kappa shape index (κ2) is 13.2. The van der Waals surface area contributed by atoms with E-state index < -0.39 is 23.8 Å². The van der Waals surface area contributed by atoms with E-state index in [0.29, 0.717) is 17.5 Å². The van der Waals surface area contributed by atoms with Crippen molar-refractivity contribution in [3.05, 3.63) is 35.4 Å². The third kappa shape index (κ3) is 7.99. The van der Waals surface area contributed by atoms with E-state index in [0.717, 1.165) is 44.9 Å². The Labute approximate surface area is 228 Å². The SMILES string of the molecule is C#Cc1ccccc1C(C(=O)NC1CCCCC1)N(C(=O)C(CC(C)C)NC(=O)OC(C)(C)C)C1CCC1. The summed E-state index contributed by atoms with van der Waals surface area (Å²) in [7, 11) is 0. The minimum Gasteiger partial charge on any atom is -0.444 e. The first-order chi connectivity index (χ1) is 18.0. The molecule has 0 spiro atoms. The second-order valence-electron chi connectivity index (χ2n) is 12.1. The van der Waals surface area contributed by atoms with Crippen LogP contribution in [-0.4, -0.2) is 46.5 Å². The molecule has 2 fully saturated rings. The van der Waals surface area contributed by atoms with Gasteiger partial charge < -0.3 is 20.3 Å². The molecular formula is C31H45N3O4. The maximum Gasteiger partial charge on any atom is 0.408 e. The number of carbonyl (C=O) groups is 3. The first-order valence-corrected chi connectivity index (χ1v) is 14.2. The van der Waals surface area contributed by atoms with E-state index in [1.165, 1.54) is 6.42 Å². The Bertz CT molecular complexity index is 1010. The average molecular weight is 524 g/mol. The van der Waals surface area contributed by atoms with Gasteiger partial charge >= 0.3 is 6.09 Å². The van der Waals surface area contributed by atoms with E-state index >= 15 is 0 Å². The highest BCUT2D eigenvalue weighted by atomic mass is 16.6. The first-order valence-electron chi connectivity index (χ1n) is 14.2. The van der Waals surface area contributed by atoms with Crippen molar-refractivity contribution in [3.8, 4) is 12.3 Å². The van der Waals surface area contributed by atoms with Crippen LogP contribution in [0.1, 0.15) is 110 Å². The molecule has 1 aromatic carbocycles. The lowest BCUT2D eigenvalue weighted by atomic mass is 9.86. The Balaban J connectivity index is 2.01. The van der Waals surface area contributed by atoms with Gasteiger partial charge in [-0.3, -0.25) is 9.59 Å². The van der Waals surface area contributed by atoms with Crippen LogP contribution in [0, 0.1) is 18.3 Å². The molecule has 2 N–H and O–H groups in total. The summed E-state index contributed by atoms with van der Waals surface area (Å²) in [5, 5.41) is 6.06. The summed E-state index contributed by atoms with van der Waals surface area (Å²) in [5.41, 5.74) is 0.537. The molecule has 2 saturated carbocycles. The normalized spacial score (nSPS) is 18.0. The van der Waals surface area contributed by atoms with Crippen molar-refractivity contribution < 1.29 is 19.1 Å². The topological polar surface area (TPSA) is 87.7 Å². The fraction of sp³-hybridized carbons (Fsp3) is 0.645. The molecule has 7 nitrogen and oxygen atoms in total. The van der Waals surface area contributed by atoms with Crippen molar-refractivity contribution >= 4 is 17.9 Å². The van der Waals surface area contributed by atoms with Gasteiger partial charge in [-0.1, -0.05) is 57.2 Å². The van der Waals surface area contributed by atoms with Gasteiger partial charge in [-0.2, -0.15) is 0 Å². The second-order valence-corrected chi connectivity index (χ2v) is 12.1. The summed E-state index contributed by atoms with van der Waals surface area (Å²) < 4.78 is 5.48. The number of hydrogen-bond acceptors (Lipinski definition) is 4. The number of hydrogen-bond donors (Lipinski definition) is 2. The van der Waals surface area contributed by atoms with Gasteiger partial charge in [0.05, 0.1) is 0 Å². The fourth-order valence-electron chi connectivity index (χ4n) is 5.32. The Kier molecular flexibility index (Phi) is 10.2. The van der Waals surface area contributed by atoms with Crippen LogP contribution >= 0.6 is 0 Å². The van der Waals surface area contributed by atoms with E-state index in [4.69, 9.17) is 11.2 Å². The highest BCUT2D eigenvalue weighted by Gasteiger charge is 2.43. The minimum atomic E-state index is -0.878. The van der Waals surface area contributed by atoms with Crippen molar-refractivity contribution in [2.24, 2.45) is 5.92 Å². The minimum absolute atomic E-state index is 0.0847. The number of ether oxygens (including phenoxy) is 1. The molecule has 2 aliphatic carbocycles. The molecule has 0 saturated heterocycles. The van der Waals surface area contributed by atoms with Crippen LogP contribution in [0.25, 0.3) is 0 Å². The number of rotatable bonds is 9. The monoisotopic (exact) mass is 523 g/mol. The first kappa shape index (κ1) is 29.5. The third-order valence-corrected chi connectivity index (χ3v) is 7.31. The average Bonchev–Trinajstić information content (AvgIpc) is 2.81. The van der Waals surface area contributed by atoms with E-state index in [-0.39, 0.29) is 29.8 Å². The van der Waals surface area contributed by atoms with Crippen LogP contribution in [0.2, 0.25) is 0 Å². The van der Waals surface area contributed by atoms with Gasteiger partial charge in [-0.25, -0.2) is 4.79 Å². The molecule has 3 amide bonds. The van der Waals surface area contributed by atoms with Gasteiger partial charge in [-0.15, -0.1) is 6.42 Å². The smallest absolute Gasteiger partial charge is 0.408 e. The van der Waals surface area contributed by atoms with Crippen molar-refractivity contribution in [1.82, 2.24) is 15.5 Å². The highest BCUT2D eigenvalue weighted by molar-refractivity contribution is 5.93. The Morgan fingerprint density at radius 2 is 1.71 bits per heavy atom. The van der Waals surface area contributed by atoms with Crippen molar-refractivity contribution in [1.29, 1.82) is 0 Å². The maximum atomic E-state index is 14.3. The molecule has 2 unspecified atom stereocenters. The van der Waals surface area contributed by atoms with Gasteiger partial charge in [0.25, 0.3) is 0 Å². The van der Waals surface area contributed by atoms with Crippen molar-refractivity contribution in [2.45, 2.75) is 122 Å². The molecule has 3 rings (SSSR count). The van der Waals surface area contributed by atoms with Crippen LogP contribution in [0.3, 0.4) is 0 Å². The molecule has 0 heterocycles. The number of amides is 3. The van der Waals surface area contributed by atoms with Gasteiger partial charge in [0.15, 0.2) is 0 Å². The van der Waals surface area contributed by atoms with Crippen molar-refractivity contribution in [2.75, 3.05) is 0 Å². The quantitative estimate of drug-likeness (QED) is 0.420. The lowest BCUT2D eigenvalue weighted by Crippen LogP contribution is -2.58. The number of nitrogens with zero attached hydrogens (tertiary/aromatic N) is 1. The molecule has 0 aromatic heterocycles. The molecule has 0 bridgehead atoms. The zero-order chi connectivity index (χ0) is 27.9. The number of alkyl carbamates (subject to hydrolysis) is 1. The van der Waals surface area contributed by atoms with Crippen LogP contribution in [0.5, 0.6) is 0 Å². The number of carbonyl (C=O) groups excluding carboxylic acids is 3. The van der Waals surface area contributed by atoms with E-state index in [1.807, 2.05) is 38.1 Å². The largest absolute Gasteiger partial charge is 0.444 e. The van der Waals surface area contributed by atoms with Crippen LogP contribution < -0.4 is 10.6 Å². The zero-order valence-electron chi connectivity index (χ0n) is 23.7. The summed E-state index contributed by atoms with van der Waals surface area (Å²) >= 11 is 0. The van der Waals surface area contributed by atoms with Crippen molar-refractivity contribution in [3.63, 3.8) is 0 Å². The van der Waals surface area contributed by atoms with E-state index in [2.05, 4.69) is 16.6 Å². The van der Waals surface area contributed by atoms with Gasteiger partial charge in [-0.05, 0) is 76.8 Å². The summed E-state index contributed by atoms with van der Waals surface area (Å²) in [4.78, 5) is 42.9. The Hall–Kier alpha value is -3.01. The molecule has 38 heavy (non-hydrogen) atoms. The lowest BCUT2D eigenvalue weighted by molar-refractivity contribution is -0.148. The molecule has 0 aliphatic heterocycles. The number of terminal acetylenes is 1. The van der Waals surface area contributed by atoms with E-state index in [9.17, 15) is 14.4 Å².